The fraction of sp³-hybridized carbons (Fsp3) is 0.316. The molecule has 0 bridgehead atoms. The summed E-state index contributed by atoms with van der Waals surface area (Å²) >= 11 is 5.92. The van der Waals surface area contributed by atoms with Gasteiger partial charge in [-0.05, 0) is 49.1 Å². The van der Waals surface area contributed by atoms with Crippen molar-refractivity contribution in [3.63, 3.8) is 0 Å². The second-order valence-corrected chi connectivity index (χ2v) is 6.16. The lowest BCUT2D eigenvalue weighted by Gasteiger charge is -2.18. The van der Waals surface area contributed by atoms with Gasteiger partial charge in [0.15, 0.2) is 6.10 Å². The SMILES string of the molecule is Cc1cc(Cl)ccc1O[C@H](C)C(=O)NC[C@H](C)c1ccccc1. The van der Waals surface area contributed by atoms with Crippen LogP contribution in [-0.2, 0) is 4.79 Å². The van der Waals surface area contributed by atoms with Gasteiger partial charge >= 0.3 is 0 Å². The molecule has 0 heterocycles. The second kappa shape index (κ2) is 8.02. The van der Waals surface area contributed by atoms with E-state index in [0.717, 1.165) is 5.56 Å². The predicted molar refractivity (Wildman–Crippen MR) is 94.1 cm³/mol. The van der Waals surface area contributed by atoms with Crippen molar-refractivity contribution >= 4 is 17.5 Å². The number of carbonyl (C=O) groups excluding carboxylic acids is 1. The third-order valence-electron chi connectivity index (χ3n) is 3.76. The first-order valence-electron chi connectivity index (χ1n) is 7.73. The molecule has 4 heteroatoms. The Balaban J connectivity index is 1.87. The van der Waals surface area contributed by atoms with E-state index in [1.54, 1.807) is 19.1 Å². The molecule has 2 aromatic carbocycles. The van der Waals surface area contributed by atoms with E-state index >= 15 is 0 Å². The van der Waals surface area contributed by atoms with Crippen molar-refractivity contribution < 1.29 is 9.53 Å². The van der Waals surface area contributed by atoms with E-state index in [4.69, 9.17) is 16.3 Å². The molecule has 0 aromatic heterocycles. The molecule has 2 rings (SSSR count). The fourth-order valence-electron chi connectivity index (χ4n) is 2.29. The Hall–Kier alpha value is -2.00. The van der Waals surface area contributed by atoms with Gasteiger partial charge in [-0.25, -0.2) is 0 Å². The normalized spacial score (nSPS) is 13.2. The molecule has 2 aromatic rings. The van der Waals surface area contributed by atoms with Crippen LogP contribution in [0, 0.1) is 6.92 Å². The van der Waals surface area contributed by atoms with Crippen LogP contribution in [0.2, 0.25) is 5.02 Å². The number of benzene rings is 2. The number of amides is 1. The lowest BCUT2D eigenvalue weighted by molar-refractivity contribution is -0.127. The summed E-state index contributed by atoms with van der Waals surface area (Å²) in [5, 5.41) is 3.60. The number of aryl methyl sites for hydroxylation is 1. The van der Waals surface area contributed by atoms with E-state index in [-0.39, 0.29) is 11.8 Å². The van der Waals surface area contributed by atoms with E-state index in [1.807, 2.05) is 31.2 Å². The first kappa shape index (κ1) is 17.4. The topological polar surface area (TPSA) is 38.3 Å². The molecule has 122 valence electrons. The molecule has 2 atom stereocenters. The Labute approximate surface area is 142 Å². The number of rotatable bonds is 6. The Morgan fingerprint density at radius 1 is 1.17 bits per heavy atom. The summed E-state index contributed by atoms with van der Waals surface area (Å²) in [4.78, 5) is 12.2. The standard InChI is InChI=1S/C19H22ClNO2/c1-13-11-17(20)9-10-18(13)23-15(3)19(22)21-12-14(2)16-7-5-4-6-8-16/h4-11,14-15H,12H2,1-3H3,(H,21,22)/t14-,15+/m0/s1. The van der Waals surface area contributed by atoms with Crippen molar-refractivity contribution in [1.29, 1.82) is 0 Å². The molecule has 0 spiro atoms. The van der Waals surface area contributed by atoms with Crippen molar-refractivity contribution in [3.8, 4) is 5.75 Å². The lowest BCUT2D eigenvalue weighted by Crippen LogP contribution is -2.38. The predicted octanol–water partition coefficient (Wildman–Crippen LogP) is 4.34. The highest BCUT2D eigenvalue weighted by molar-refractivity contribution is 6.30. The highest BCUT2D eigenvalue weighted by Gasteiger charge is 2.16. The number of hydrogen-bond donors (Lipinski definition) is 1. The van der Waals surface area contributed by atoms with Gasteiger partial charge in [0.05, 0.1) is 0 Å². The first-order valence-corrected chi connectivity index (χ1v) is 8.10. The highest BCUT2D eigenvalue weighted by Crippen LogP contribution is 2.23. The summed E-state index contributed by atoms with van der Waals surface area (Å²) in [7, 11) is 0. The summed E-state index contributed by atoms with van der Waals surface area (Å²) < 4.78 is 5.73. The average molecular weight is 332 g/mol. The van der Waals surface area contributed by atoms with Gasteiger partial charge in [-0.2, -0.15) is 0 Å². The molecule has 1 N–H and O–H groups in total. The number of ether oxygens (including phenoxy) is 1. The highest BCUT2D eigenvalue weighted by atomic mass is 35.5. The van der Waals surface area contributed by atoms with Gasteiger partial charge in [-0.1, -0.05) is 48.9 Å². The minimum absolute atomic E-state index is 0.123. The molecular formula is C19H22ClNO2. The molecule has 0 unspecified atom stereocenters. The van der Waals surface area contributed by atoms with Crippen LogP contribution in [0.5, 0.6) is 5.75 Å². The molecule has 23 heavy (non-hydrogen) atoms. The largest absolute Gasteiger partial charge is 0.481 e. The molecule has 0 aliphatic heterocycles. The Kier molecular flexibility index (Phi) is 6.05. The average Bonchev–Trinajstić information content (AvgIpc) is 2.55. The zero-order valence-corrected chi connectivity index (χ0v) is 14.4. The monoisotopic (exact) mass is 331 g/mol. The van der Waals surface area contributed by atoms with Gasteiger partial charge in [0.1, 0.15) is 5.75 Å². The minimum atomic E-state index is -0.558. The quantitative estimate of drug-likeness (QED) is 0.855. The van der Waals surface area contributed by atoms with Crippen LogP contribution < -0.4 is 10.1 Å². The minimum Gasteiger partial charge on any atom is -0.481 e. The van der Waals surface area contributed by atoms with Gasteiger partial charge in [0, 0.05) is 11.6 Å². The molecule has 1 amide bonds. The van der Waals surface area contributed by atoms with E-state index in [1.165, 1.54) is 5.56 Å². The number of halogens is 1. The Morgan fingerprint density at radius 3 is 2.52 bits per heavy atom. The van der Waals surface area contributed by atoms with Crippen LogP contribution in [0.25, 0.3) is 0 Å². The Morgan fingerprint density at radius 2 is 1.87 bits per heavy atom. The van der Waals surface area contributed by atoms with E-state index < -0.39 is 6.10 Å². The smallest absolute Gasteiger partial charge is 0.260 e. The molecule has 0 saturated heterocycles. The summed E-state index contributed by atoms with van der Waals surface area (Å²) in [6.07, 6.45) is -0.558. The molecule has 0 aliphatic carbocycles. The van der Waals surface area contributed by atoms with Gasteiger partial charge in [0.2, 0.25) is 0 Å². The molecule has 0 aliphatic rings. The van der Waals surface area contributed by atoms with Crippen molar-refractivity contribution in [1.82, 2.24) is 5.32 Å². The molecule has 0 radical (unpaired) electrons. The van der Waals surface area contributed by atoms with Crippen LogP contribution >= 0.6 is 11.6 Å². The van der Waals surface area contributed by atoms with Crippen LogP contribution in [0.1, 0.15) is 30.9 Å². The molecule has 3 nitrogen and oxygen atoms in total. The fourth-order valence-corrected chi connectivity index (χ4v) is 2.51. The summed E-state index contributed by atoms with van der Waals surface area (Å²) in [5.41, 5.74) is 2.12. The van der Waals surface area contributed by atoms with Crippen LogP contribution in [0.15, 0.2) is 48.5 Å². The van der Waals surface area contributed by atoms with Gasteiger partial charge < -0.3 is 10.1 Å². The third-order valence-corrected chi connectivity index (χ3v) is 4.00. The maximum absolute atomic E-state index is 12.2. The van der Waals surface area contributed by atoms with Gasteiger partial charge in [0.25, 0.3) is 5.91 Å². The van der Waals surface area contributed by atoms with Crippen molar-refractivity contribution in [2.24, 2.45) is 0 Å². The molecule has 0 saturated carbocycles. The molecular weight excluding hydrogens is 310 g/mol. The van der Waals surface area contributed by atoms with Crippen LogP contribution in [0.3, 0.4) is 0 Å². The number of hydrogen-bond acceptors (Lipinski definition) is 2. The second-order valence-electron chi connectivity index (χ2n) is 5.73. The zero-order valence-electron chi connectivity index (χ0n) is 13.7. The third kappa shape index (κ3) is 5.00. The van der Waals surface area contributed by atoms with Crippen LogP contribution in [0.4, 0.5) is 0 Å². The van der Waals surface area contributed by atoms with Gasteiger partial charge in [-0.15, -0.1) is 0 Å². The number of nitrogens with one attached hydrogen (secondary N) is 1. The molecule has 0 fully saturated rings. The van der Waals surface area contributed by atoms with E-state index in [2.05, 4.69) is 24.4 Å². The summed E-state index contributed by atoms with van der Waals surface area (Å²) in [5.74, 6) is 0.805. The van der Waals surface area contributed by atoms with Crippen LogP contribution in [-0.4, -0.2) is 18.6 Å². The zero-order chi connectivity index (χ0) is 16.8. The van der Waals surface area contributed by atoms with Crippen molar-refractivity contribution in [3.05, 3.63) is 64.7 Å². The first-order chi connectivity index (χ1) is 11.0. The lowest BCUT2D eigenvalue weighted by atomic mass is 10.0. The Bertz CT molecular complexity index is 658. The van der Waals surface area contributed by atoms with Gasteiger partial charge in [-0.3, -0.25) is 4.79 Å². The van der Waals surface area contributed by atoms with Crippen molar-refractivity contribution in [2.45, 2.75) is 32.8 Å². The van der Waals surface area contributed by atoms with E-state index in [0.29, 0.717) is 17.3 Å². The maximum atomic E-state index is 12.2. The van der Waals surface area contributed by atoms with Crippen molar-refractivity contribution in [2.75, 3.05) is 6.54 Å². The summed E-state index contributed by atoms with van der Waals surface area (Å²) in [6.45, 7) is 6.32. The number of carbonyl (C=O) groups is 1. The van der Waals surface area contributed by atoms with E-state index in [9.17, 15) is 4.79 Å². The maximum Gasteiger partial charge on any atom is 0.260 e. The summed E-state index contributed by atoms with van der Waals surface area (Å²) in [6, 6.07) is 15.5.